The van der Waals surface area contributed by atoms with E-state index in [-0.39, 0.29) is 23.5 Å². The first-order valence-electron chi connectivity index (χ1n) is 12.5. The van der Waals surface area contributed by atoms with Gasteiger partial charge in [-0.05, 0) is 32.6 Å². The molecule has 11 nitrogen and oxygen atoms in total. The molecule has 0 bridgehead atoms. The number of amides is 1. The average molecular weight is 481 g/mol. The molecule has 35 heavy (non-hydrogen) atoms. The van der Waals surface area contributed by atoms with Gasteiger partial charge in [0.25, 0.3) is 5.91 Å². The van der Waals surface area contributed by atoms with Gasteiger partial charge in [0, 0.05) is 62.9 Å². The molecule has 4 aliphatic rings. The van der Waals surface area contributed by atoms with Gasteiger partial charge in [0.05, 0.1) is 24.4 Å². The first kappa shape index (κ1) is 22.4. The maximum atomic E-state index is 13.0. The van der Waals surface area contributed by atoms with Crippen LogP contribution in [0.2, 0.25) is 0 Å². The summed E-state index contributed by atoms with van der Waals surface area (Å²) in [5, 5.41) is 0. The van der Waals surface area contributed by atoms with E-state index >= 15 is 0 Å². The zero-order valence-corrected chi connectivity index (χ0v) is 20.1. The molecule has 0 spiro atoms. The second-order valence-electron chi connectivity index (χ2n) is 10.0. The lowest BCUT2D eigenvalue weighted by Gasteiger charge is -2.37. The number of hydrogen-bond acceptors (Lipinski definition) is 10. The number of nitrogens with zero attached hydrogens (tertiary/aromatic N) is 7. The molecule has 0 aromatic carbocycles. The molecule has 6 heterocycles. The number of likely N-dealkylation sites (tertiary alicyclic amines) is 1. The molecule has 2 aromatic rings. The van der Waals surface area contributed by atoms with E-state index in [9.17, 15) is 4.79 Å². The molecular weight excluding hydrogens is 448 g/mol. The van der Waals surface area contributed by atoms with Crippen LogP contribution in [0.15, 0.2) is 12.4 Å². The number of aromatic nitrogens is 4. The average Bonchev–Trinajstić information content (AvgIpc) is 3.64. The fourth-order valence-corrected chi connectivity index (χ4v) is 5.70. The molecule has 186 valence electrons. The van der Waals surface area contributed by atoms with Crippen molar-refractivity contribution < 1.29 is 14.3 Å². The quantitative estimate of drug-likeness (QED) is 0.675. The largest absolute Gasteiger partial charge is 0.378 e. The number of morpholine rings is 1. The van der Waals surface area contributed by atoms with E-state index in [0.717, 1.165) is 74.5 Å². The fraction of sp³-hybridized carbons (Fsp3) is 0.625. The molecule has 0 radical (unpaired) electrons. The van der Waals surface area contributed by atoms with Crippen LogP contribution in [0.1, 0.15) is 31.7 Å². The number of carbonyl (C=O) groups is 1. The normalized spacial score (nSPS) is 26.4. The van der Waals surface area contributed by atoms with Gasteiger partial charge in [-0.2, -0.15) is 4.98 Å². The molecule has 2 aromatic heterocycles. The Balaban J connectivity index is 1.34. The Labute approximate surface area is 204 Å². The van der Waals surface area contributed by atoms with Crippen LogP contribution in [0.5, 0.6) is 0 Å². The minimum atomic E-state index is -0.282. The lowest BCUT2D eigenvalue weighted by atomic mass is 9.99. The Bertz CT molecular complexity index is 1100. The Hall–Kier alpha value is -3.05. The standard InChI is InChI=1S/C24H32N8O3/c1-24(5-7-31(15-24)21(33)18-3-2-10-35-18)32-6-4-17-19(16-13-26-22(25)27-14-16)28-23(29-20(17)32)30-8-11-34-12-9-30/h13-14,18H,2-12,15H2,1H3,(H2,25,26,27)/t18-,24+/m1/s1. The fourth-order valence-electron chi connectivity index (χ4n) is 5.70. The maximum absolute atomic E-state index is 13.0. The van der Waals surface area contributed by atoms with Crippen LogP contribution in [0.25, 0.3) is 11.3 Å². The number of fused-ring (bicyclic) bond motifs is 1. The SMILES string of the molecule is C[C@]1(N2CCc3c(-c4cnc(N)nc4)nc(N4CCOCC4)nc32)CCN(C(=O)[C@H]2CCCO2)C1. The maximum Gasteiger partial charge on any atom is 0.251 e. The van der Waals surface area contributed by atoms with Crippen molar-refractivity contribution in [3.8, 4) is 11.3 Å². The van der Waals surface area contributed by atoms with Crippen LogP contribution >= 0.6 is 0 Å². The van der Waals surface area contributed by atoms with Crippen LogP contribution in [0.4, 0.5) is 17.7 Å². The van der Waals surface area contributed by atoms with E-state index in [4.69, 9.17) is 25.2 Å². The van der Waals surface area contributed by atoms with Gasteiger partial charge in [0.1, 0.15) is 11.9 Å². The molecule has 4 aliphatic heterocycles. The molecule has 3 fully saturated rings. The molecule has 3 saturated heterocycles. The minimum absolute atomic E-state index is 0.127. The Morgan fingerprint density at radius 1 is 1.11 bits per heavy atom. The summed E-state index contributed by atoms with van der Waals surface area (Å²) < 4.78 is 11.2. The Kier molecular flexibility index (Phi) is 5.68. The zero-order chi connectivity index (χ0) is 24.0. The van der Waals surface area contributed by atoms with Crippen molar-refractivity contribution in [2.24, 2.45) is 0 Å². The number of anilines is 3. The van der Waals surface area contributed by atoms with Crippen molar-refractivity contribution in [3.05, 3.63) is 18.0 Å². The van der Waals surface area contributed by atoms with Crippen molar-refractivity contribution in [3.63, 3.8) is 0 Å². The molecule has 11 heteroatoms. The highest BCUT2D eigenvalue weighted by molar-refractivity contribution is 5.82. The third-order valence-corrected chi connectivity index (χ3v) is 7.67. The van der Waals surface area contributed by atoms with E-state index < -0.39 is 0 Å². The Morgan fingerprint density at radius 3 is 2.66 bits per heavy atom. The molecule has 1 amide bonds. The summed E-state index contributed by atoms with van der Waals surface area (Å²) in [7, 11) is 0. The van der Waals surface area contributed by atoms with Crippen molar-refractivity contribution in [2.75, 3.05) is 68.1 Å². The van der Waals surface area contributed by atoms with Gasteiger partial charge < -0.3 is 29.9 Å². The highest BCUT2D eigenvalue weighted by Crippen LogP contribution is 2.41. The van der Waals surface area contributed by atoms with Crippen LogP contribution in [0.3, 0.4) is 0 Å². The highest BCUT2D eigenvalue weighted by Gasteiger charge is 2.46. The van der Waals surface area contributed by atoms with E-state index in [1.807, 2.05) is 4.90 Å². The summed E-state index contributed by atoms with van der Waals surface area (Å²) >= 11 is 0. The van der Waals surface area contributed by atoms with Gasteiger partial charge in [-0.15, -0.1) is 0 Å². The number of nitrogens with two attached hydrogens (primary N) is 1. The highest BCUT2D eigenvalue weighted by atomic mass is 16.5. The second-order valence-corrected chi connectivity index (χ2v) is 10.0. The van der Waals surface area contributed by atoms with Crippen LogP contribution in [-0.2, 0) is 20.7 Å². The minimum Gasteiger partial charge on any atom is -0.378 e. The number of nitrogen functional groups attached to an aromatic ring is 1. The first-order valence-corrected chi connectivity index (χ1v) is 12.5. The van der Waals surface area contributed by atoms with Gasteiger partial charge in [-0.1, -0.05) is 0 Å². The van der Waals surface area contributed by atoms with Gasteiger partial charge in [-0.3, -0.25) is 4.79 Å². The van der Waals surface area contributed by atoms with Crippen molar-refractivity contribution >= 4 is 23.6 Å². The van der Waals surface area contributed by atoms with Gasteiger partial charge >= 0.3 is 0 Å². The van der Waals surface area contributed by atoms with Crippen LogP contribution < -0.4 is 15.5 Å². The molecule has 6 rings (SSSR count). The summed E-state index contributed by atoms with van der Waals surface area (Å²) in [5.74, 6) is 2.01. The zero-order valence-electron chi connectivity index (χ0n) is 20.1. The lowest BCUT2D eigenvalue weighted by molar-refractivity contribution is -0.140. The number of rotatable bonds is 4. The second kappa shape index (κ2) is 8.87. The molecule has 2 atom stereocenters. The molecule has 0 aliphatic carbocycles. The molecule has 2 N–H and O–H groups in total. The summed E-state index contributed by atoms with van der Waals surface area (Å²) in [6.45, 7) is 7.97. The summed E-state index contributed by atoms with van der Waals surface area (Å²) in [4.78, 5) is 38.1. The molecule has 0 unspecified atom stereocenters. The van der Waals surface area contributed by atoms with Crippen LogP contribution in [-0.4, -0.2) is 94.9 Å². The van der Waals surface area contributed by atoms with Gasteiger partial charge in [0.15, 0.2) is 0 Å². The number of hydrogen-bond donors (Lipinski definition) is 1. The number of carbonyl (C=O) groups excluding carboxylic acids is 1. The summed E-state index contributed by atoms with van der Waals surface area (Å²) in [5.41, 5.74) is 8.33. The monoisotopic (exact) mass is 480 g/mol. The number of ether oxygens (including phenoxy) is 2. The first-order chi connectivity index (χ1) is 17.0. The van der Waals surface area contributed by atoms with E-state index in [2.05, 4.69) is 26.7 Å². The Morgan fingerprint density at radius 2 is 1.91 bits per heavy atom. The molecular formula is C24H32N8O3. The van der Waals surface area contributed by atoms with Crippen molar-refractivity contribution in [2.45, 2.75) is 44.2 Å². The molecule has 0 saturated carbocycles. The predicted molar refractivity (Wildman–Crippen MR) is 130 cm³/mol. The van der Waals surface area contributed by atoms with Crippen molar-refractivity contribution in [1.29, 1.82) is 0 Å². The topological polar surface area (TPSA) is 123 Å². The van der Waals surface area contributed by atoms with E-state index in [1.165, 1.54) is 0 Å². The van der Waals surface area contributed by atoms with Gasteiger partial charge in [0.2, 0.25) is 11.9 Å². The van der Waals surface area contributed by atoms with E-state index in [0.29, 0.717) is 32.3 Å². The third kappa shape index (κ3) is 4.06. The van der Waals surface area contributed by atoms with E-state index in [1.54, 1.807) is 12.4 Å². The smallest absolute Gasteiger partial charge is 0.251 e. The predicted octanol–water partition coefficient (Wildman–Crippen LogP) is 0.885. The lowest BCUT2D eigenvalue weighted by Crippen LogP contribution is -2.49. The van der Waals surface area contributed by atoms with Gasteiger partial charge in [-0.25, -0.2) is 15.0 Å². The summed E-state index contributed by atoms with van der Waals surface area (Å²) in [6.07, 6.45) is 6.68. The summed E-state index contributed by atoms with van der Waals surface area (Å²) in [6, 6.07) is 0. The third-order valence-electron chi connectivity index (χ3n) is 7.67. The van der Waals surface area contributed by atoms with Crippen LogP contribution in [0, 0.1) is 0 Å². The van der Waals surface area contributed by atoms with Crippen molar-refractivity contribution in [1.82, 2.24) is 24.8 Å².